The number of carbonyl (C=O) groups excluding carboxylic acids is 2. The van der Waals surface area contributed by atoms with E-state index in [1.165, 1.54) is 5.56 Å². The molecule has 1 fully saturated rings. The number of hydrogen-bond donors (Lipinski definition) is 3. The Bertz CT molecular complexity index is 1660. The van der Waals surface area contributed by atoms with Gasteiger partial charge in [-0.3, -0.25) is 9.69 Å². The van der Waals surface area contributed by atoms with Gasteiger partial charge in [0.15, 0.2) is 6.29 Å². The summed E-state index contributed by atoms with van der Waals surface area (Å²) in [4.78, 5) is 26.1. The Labute approximate surface area is 289 Å². The lowest BCUT2D eigenvalue weighted by molar-refractivity contribution is -0.276. The third kappa shape index (κ3) is 9.55. The quantitative estimate of drug-likeness (QED) is 0.137. The fraction of sp³-hybridized carbons (Fsp3) is 0.350. The Morgan fingerprint density at radius 1 is 0.857 bits per heavy atom. The van der Waals surface area contributed by atoms with Crippen LogP contribution in [-0.4, -0.2) is 54.9 Å². The number of aliphatic hydroxyl groups excluding tert-OH is 1. The molecule has 258 valence electrons. The Kier molecular flexibility index (Phi) is 12.6. The van der Waals surface area contributed by atoms with Gasteiger partial charge in [0.1, 0.15) is 6.54 Å². The molecule has 49 heavy (non-hydrogen) atoms. The minimum absolute atomic E-state index is 0.00930. The molecular formula is C40H47N3O6. The molecule has 4 aromatic carbocycles. The van der Waals surface area contributed by atoms with Crippen LogP contribution in [0.25, 0.3) is 11.1 Å². The van der Waals surface area contributed by atoms with E-state index in [4.69, 9.17) is 14.2 Å². The van der Waals surface area contributed by atoms with Crippen molar-refractivity contribution in [1.29, 1.82) is 0 Å². The van der Waals surface area contributed by atoms with Crippen LogP contribution < -0.4 is 10.6 Å². The van der Waals surface area contributed by atoms with Gasteiger partial charge in [0.05, 0.1) is 25.4 Å². The Morgan fingerprint density at radius 3 is 2.29 bits per heavy atom. The van der Waals surface area contributed by atoms with E-state index in [1.807, 2.05) is 72.8 Å². The van der Waals surface area contributed by atoms with E-state index in [0.29, 0.717) is 13.1 Å². The van der Waals surface area contributed by atoms with Crippen molar-refractivity contribution in [2.45, 2.75) is 58.5 Å². The molecule has 0 aromatic heterocycles. The number of nitrogens with one attached hydrogen (secondary N) is 2. The lowest BCUT2D eigenvalue weighted by Gasteiger charge is -2.43. The third-order valence-corrected chi connectivity index (χ3v) is 9.11. The number of amides is 2. The van der Waals surface area contributed by atoms with Gasteiger partial charge in [-0.25, -0.2) is 4.79 Å². The van der Waals surface area contributed by atoms with Crippen LogP contribution in [0.1, 0.15) is 67.0 Å². The number of aliphatic hydroxyl groups is 1. The lowest BCUT2D eigenvalue weighted by Crippen LogP contribution is -2.44. The zero-order valence-corrected chi connectivity index (χ0v) is 28.7. The highest BCUT2D eigenvalue weighted by Gasteiger charge is 2.39. The van der Waals surface area contributed by atoms with Crippen LogP contribution in [0.4, 0.5) is 4.79 Å². The summed E-state index contributed by atoms with van der Waals surface area (Å²) in [5, 5.41) is 14.9. The molecule has 5 atom stereocenters. The fourth-order valence-electron chi connectivity index (χ4n) is 6.09. The lowest BCUT2D eigenvalue weighted by atomic mass is 9.89. The van der Waals surface area contributed by atoms with E-state index in [0.717, 1.165) is 33.4 Å². The number of carbonyl (C=O) groups is 2. The highest BCUT2D eigenvalue weighted by atomic mass is 16.7. The van der Waals surface area contributed by atoms with Crippen molar-refractivity contribution >= 4 is 12.0 Å². The van der Waals surface area contributed by atoms with Crippen LogP contribution in [0.5, 0.6) is 0 Å². The second-order valence-electron chi connectivity index (χ2n) is 12.5. The summed E-state index contributed by atoms with van der Waals surface area (Å²) in [6.07, 6.45) is -0.938. The number of nitrogens with zero attached hydrogens (tertiary/aromatic N) is 1. The number of rotatable bonds is 13. The van der Waals surface area contributed by atoms with Gasteiger partial charge in [0.25, 0.3) is 0 Å². The van der Waals surface area contributed by atoms with Crippen molar-refractivity contribution in [2.24, 2.45) is 5.92 Å². The molecule has 0 radical (unpaired) electrons. The second-order valence-corrected chi connectivity index (χ2v) is 12.5. The van der Waals surface area contributed by atoms with E-state index in [9.17, 15) is 14.7 Å². The number of hydrogen-bond acceptors (Lipinski definition) is 7. The maximum absolute atomic E-state index is 12.2. The SMILES string of the molecule is CCOC(=O)CNC(=O)NCc1cccc(-c2cccc(C3OC(CN(C)C(C)c4ccccc4)C(C)C(c4ccc(CO)cc4)O3)c2)c1. The number of esters is 1. The van der Waals surface area contributed by atoms with E-state index < -0.39 is 18.3 Å². The fourth-order valence-corrected chi connectivity index (χ4v) is 6.09. The van der Waals surface area contributed by atoms with Crippen molar-refractivity contribution in [3.63, 3.8) is 0 Å². The summed E-state index contributed by atoms with van der Waals surface area (Å²) >= 11 is 0. The van der Waals surface area contributed by atoms with Crippen molar-refractivity contribution in [1.82, 2.24) is 15.5 Å². The molecule has 1 saturated heterocycles. The van der Waals surface area contributed by atoms with Gasteiger partial charge in [-0.15, -0.1) is 0 Å². The highest BCUT2D eigenvalue weighted by molar-refractivity contribution is 5.80. The molecule has 0 aliphatic carbocycles. The maximum atomic E-state index is 12.2. The molecule has 1 aliphatic heterocycles. The summed E-state index contributed by atoms with van der Waals surface area (Å²) < 4.78 is 18.4. The summed E-state index contributed by atoms with van der Waals surface area (Å²) in [7, 11) is 2.13. The maximum Gasteiger partial charge on any atom is 0.325 e. The van der Waals surface area contributed by atoms with Gasteiger partial charge in [0, 0.05) is 30.6 Å². The standard InChI is InChI=1S/C40H47N3O6/c1-5-47-37(45)24-42-40(46)41-23-30-11-9-14-33(21-30)34-15-10-16-35(22-34)39-48-36(25-43(4)28(3)31-12-7-6-8-13-31)27(2)38(49-39)32-19-17-29(26-44)18-20-32/h6-22,27-28,36,38-39,44H,5,23-26H2,1-4H3,(H2,41,42,46). The monoisotopic (exact) mass is 665 g/mol. The predicted octanol–water partition coefficient (Wildman–Crippen LogP) is 6.69. The molecule has 3 N–H and O–H groups in total. The Morgan fingerprint density at radius 2 is 1.57 bits per heavy atom. The molecule has 9 heteroatoms. The van der Waals surface area contributed by atoms with Crippen LogP contribution in [0.2, 0.25) is 0 Å². The topological polar surface area (TPSA) is 109 Å². The van der Waals surface area contributed by atoms with Crippen molar-refractivity contribution in [3.05, 3.63) is 131 Å². The van der Waals surface area contributed by atoms with Crippen molar-refractivity contribution < 1.29 is 28.9 Å². The van der Waals surface area contributed by atoms with Gasteiger partial charge in [-0.2, -0.15) is 0 Å². The van der Waals surface area contributed by atoms with Gasteiger partial charge < -0.3 is 30.0 Å². The molecule has 1 heterocycles. The highest BCUT2D eigenvalue weighted by Crippen LogP contribution is 2.42. The molecule has 9 nitrogen and oxygen atoms in total. The molecule has 4 aromatic rings. The van der Waals surface area contributed by atoms with Crippen LogP contribution in [-0.2, 0) is 32.2 Å². The van der Waals surface area contributed by atoms with E-state index >= 15 is 0 Å². The molecule has 2 amide bonds. The third-order valence-electron chi connectivity index (χ3n) is 9.11. The first-order chi connectivity index (χ1) is 23.7. The number of ether oxygens (including phenoxy) is 3. The summed E-state index contributed by atoms with van der Waals surface area (Å²) in [6.45, 7) is 7.19. The normalized spacial score (nSPS) is 19.6. The van der Waals surface area contributed by atoms with E-state index in [2.05, 4.69) is 66.8 Å². The van der Waals surface area contributed by atoms with Gasteiger partial charge >= 0.3 is 12.0 Å². The molecule has 0 spiro atoms. The molecule has 0 saturated carbocycles. The first-order valence-corrected chi connectivity index (χ1v) is 16.9. The molecular weight excluding hydrogens is 618 g/mol. The first-order valence-electron chi connectivity index (χ1n) is 16.9. The minimum atomic E-state index is -0.600. The molecule has 1 aliphatic rings. The Balaban J connectivity index is 1.34. The number of urea groups is 1. The number of likely N-dealkylation sites (N-methyl/N-ethyl adjacent to an activating group) is 1. The molecule has 0 bridgehead atoms. The zero-order chi connectivity index (χ0) is 34.8. The predicted molar refractivity (Wildman–Crippen MR) is 189 cm³/mol. The smallest absolute Gasteiger partial charge is 0.325 e. The van der Waals surface area contributed by atoms with Crippen LogP contribution >= 0.6 is 0 Å². The van der Waals surface area contributed by atoms with Crippen LogP contribution in [0, 0.1) is 5.92 Å². The summed E-state index contributed by atoms with van der Waals surface area (Å²) in [6, 6.07) is 34.3. The summed E-state index contributed by atoms with van der Waals surface area (Å²) in [5.74, 6) is -0.422. The van der Waals surface area contributed by atoms with Gasteiger partial charge in [-0.05, 0) is 66.4 Å². The van der Waals surface area contributed by atoms with E-state index in [1.54, 1.807) is 6.92 Å². The summed E-state index contributed by atoms with van der Waals surface area (Å²) in [5.41, 5.74) is 6.95. The van der Waals surface area contributed by atoms with Crippen molar-refractivity contribution in [3.8, 4) is 11.1 Å². The average molecular weight is 666 g/mol. The zero-order valence-electron chi connectivity index (χ0n) is 28.7. The second kappa shape index (κ2) is 17.2. The van der Waals surface area contributed by atoms with Crippen molar-refractivity contribution in [2.75, 3.05) is 26.7 Å². The Hall–Kier alpha value is -4.54. The molecule has 5 unspecified atom stereocenters. The first kappa shape index (κ1) is 35.8. The number of benzene rings is 4. The minimum Gasteiger partial charge on any atom is -0.465 e. The molecule has 5 rings (SSSR count). The van der Waals surface area contributed by atoms with Crippen LogP contribution in [0.15, 0.2) is 103 Å². The largest absolute Gasteiger partial charge is 0.465 e. The van der Waals surface area contributed by atoms with Crippen LogP contribution in [0.3, 0.4) is 0 Å². The van der Waals surface area contributed by atoms with Gasteiger partial charge in [0.2, 0.25) is 0 Å². The van der Waals surface area contributed by atoms with E-state index in [-0.39, 0.29) is 43.9 Å². The average Bonchev–Trinajstić information content (AvgIpc) is 3.14. The van der Waals surface area contributed by atoms with Gasteiger partial charge in [-0.1, -0.05) is 97.9 Å².